The molecule has 0 saturated carbocycles. The third-order valence-electron chi connectivity index (χ3n) is 4.43. The molecule has 2 aliphatic heterocycles. The lowest BCUT2D eigenvalue weighted by molar-refractivity contribution is -0.385. The Balaban J connectivity index is 1.80. The Kier molecular flexibility index (Phi) is 5.82. The molecule has 1 N–H and O–H groups in total. The number of rotatable bonds is 5. The largest absolute Gasteiger partial charge is 0.506 e. The van der Waals surface area contributed by atoms with Crippen molar-refractivity contribution in [1.29, 1.82) is 0 Å². The molecule has 0 aliphatic carbocycles. The van der Waals surface area contributed by atoms with E-state index in [4.69, 9.17) is 14.2 Å². The van der Waals surface area contributed by atoms with Gasteiger partial charge >= 0.3 is 5.97 Å². The van der Waals surface area contributed by atoms with E-state index in [-0.39, 0.29) is 45.9 Å². The van der Waals surface area contributed by atoms with E-state index in [0.29, 0.717) is 11.4 Å². The van der Waals surface area contributed by atoms with E-state index in [1.165, 1.54) is 42.5 Å². The van der Waals surface area contributed by atoms with Gasteiger partial charge in [-0.15, -0.1) is 0 Å². The van der Waals surface area contributed by atoms with Crippen molar-refractivity contribution in [1.82, 2.24) is 0 Å². The Labute approximate surface area is 185 Å². The average Bonchev–Trinajstić information content (AvgIpc) is 3.33. The fraction of sp³-hybridized carbons (Fsp3) is 0.143. The molecule has 0 radical (unpaired) electrons. The summed E-state index contributed by atoms with van der Waals surface area (Å²) < 4.78 is 28.7. The van der Waals surface area contributed by atoms with E-state index in [1.807, 2.05) is 0 Å². The first kappa shape index (κ1) is 21.4. The molecule has 9 nitrogen and oxygen atoms in total. The lowest BCUT2D eigenvalue weighted by Gasteiger charge is -2.03. The maximum Gasteiger partial charge on any atom is 0.344 e. The van der Waals surface area contributed by atoms with Gasteiger partial charge in [0.2, 0.25) is 6.79 Å². The number of fused-ring (bicyclic) bond motifs is 1. The van der Waals surface area contributed by atoms with Crippen molar-refractivity contribution < 1.29 is 33.4 Å². The molecule has 0 saturated heterocycles. The second-order valence-corrected chi connectivity index (χ2v) is 7.50. The molecule has 0 amide bonds. The molecular formula is C21H15FN2O7S. The number of thioether (sulfide) groups is 1. The van der Waals surface area contributed by atoms with Crippen molar-refractivity contribution in [3.8, 4) is 11.5 Å². The van der Waals surface area contributed by atoms with Crippen LogP contribution in [-0.2, 0) is 9.53 Å². The molecule has 164 valence electrons. The van der Waals surface area contributed by atoms with E-state index in [1.54, 1.807) is 6.92 Å². The van der Waals surface area contributed by atoms with E-state index >= 15 is 0 Å². The van der Waals surface area contributed by atoms with Crippen LogP contribution >= 0.6 is 11.8 Å². The number of aliphatic hydroxyl groups is 1. The molecule has 4 rings (SSSR count). The minimum atomic E-state index is -0.804. The summed E-state index contributed by atoms with van der Waals surface area (Å²) in [6.07, 6.45) is 1.35. The molecule has 2 heterocycles. The number of nitro groups is 1. The summed E-state index contributed by atoms with van der Waals surface area (Å²) in [7, 11) is 0. The summed E-state index contributed by atoms with van der Waals surface area (Å²) in [5.74, 6) is -1.13. The van der Waals surface area contributed by atoms with Gasteiger partial charge in [0.15, 0.2) is 11.5 Å². The summed E-state index contributed by atoms with van der Waals surface area (Å²) in [5, 5.41) is 22.4. The highest BCUT2D eigenvalue weighted by Crippen LogP contribution is 2.43. The zero-order chi connectivity index (χ0) is 22.8. The third-order valence-corrected chi connectivity index (χ3v) is 5.45. The van der Waals surface area contributed by atoms with Gasteiger partial charge in [0.1, 0.15) is 22.2 Å². The molecule has 32 heavy (non-hydrogen) atoms. The van der Waals surface area contributed by atoms with Crippen LogP contribution in [0.15, 0.2) is 57.6 Å². The molecule has 0 bridgehead atoms. The molecule has 11 heteroatoms. The first-order valence-electron chi connectivity index (χ1n) is 9.30. The standard InChI is InChI=1S/C21H15FN2O7S/c1-2-29-21(26)18-19(25)17(32-20(18)23-13-5-3-12(22)4-6-13)8-11-7-15-16(31-10-30-15)9-14(11)24(27)28/h3-9,25H,2,10H2,1H3/b17-8-,23-20?. The summed E-state index contributed by atoms with van der Waals surface area (Å²) in [6.45, 7) is 1.62. The number of esters is 1. The van der Waals surface area contributed by atoms with E-state index in [0.717, 1.165) is 11.8 Å². The number of aliphatic hydroxyl groups excluding tert-OH is 1. The van der Waals surface area contributed by atoms with Crippen molar-refractivity contribution in [2.45, 2.75) is 6.92 Å². The van der Waals surface area contributed by atoms with Crippen molar-refractivity contribution in [3.63, 3.8) is 0 Å². The molecule has 0 spiro atoms. The smallest absolute Gasteiger partial charge is 0.344 e. The van der Waals surface area contributed by atoms with Crippen molar-refractivity contribution >= 4 is 40.2 Å². The molecule has 2 aromatic rings. The SMILES string of the molecule is CCOC(=O)C1=C(O)/C(=C/c2cc3c(cc2[N+](=O)[O-])OCO3)SC1=Nc1ccc(F)cc1. The number of carbonyl (C=O) groups is 1. The average molecular weight is 458 g/mol. The van der Waals surface area contributed by atoms with Gasteiger partial charge in [-0.2, -0.15) is 0 Å². The first-order valence-corrected chi connectivity index (χ1v) is 10.1. The molecule has 0 fully saturated rings. The Morgan fingerprint density at radius 2 is 2.00 bits per heavy atom. The van der Waals surface area contributed by atoms with Gasteiger partial charge in [0.25, 0.3) is 5.69 Å². The number of ether oxygens (including phenoxy) is 3. The molecule has 2 aliphatic rings. The van der Waals surface area contributed by atoms with Gasteiger partial charge < -0.3 is 19.3 Å². The predicted molar refractivity (Wildman–Crippen MR) is 115 cm³/mol. The first-order chi connectivity index (χ1) is 15.4. The number of aliphatic imine (C=N–C) groups is 1. The Hall–Kier alpha value is -3.86. The fourth-order valence-electron chi connectivity index (χ4n) is 2.99. The van der Waals surface area contributed by atoms with Gasteiger partial charge in [-0.05, 0) is 43.3 Å². The minimum Gasteiger partial charge on any atom is -0.506 e. The van der Waals surface area contributed by atoms with Crippen LogP contribution in [0.1, 0.15) is 12.5 Å². The van der Waals surface area contributed by atoms with Crippen LogP contribution in [0, 0.1) is 15.9 Å². The number of nitrogens with zero attached hydrogens (tertiary/aromatic N) is 2. The topological polar surface area (TPSA) is 120 Å². The highest BCUT2D eigenvalue weighted by molar-refractivity contribution is 8.18. The number of hydrogen-bond donors (Lipinski definition) is 1. The zero-order valence-corrected chi connectivity index (χ0v) is 17.3. The van der Waals surface area contributed by atoms with Gasteiger partial charge in [-0.25, -0.2) is 14.2 Å². The highest BCUT2D eigenvalue weighted by atomic mass is 32.2. The Morgan fingerprint density at radius 1 is 1.31 bits per heavy atom. The quantitative estimate of drug-likeness (QED) is 0.390. The van der Waals surface area contributed by atoms with Gasteiger partial charge in [0.05, 0.1) is 33.8 Å². The maximum atomic E-state index is 13.2. The van der Waals surface area contributed by atoms with Gasteiger partial charge in [-0.1, -0.05) is 11.8 Å². The van der Waals surface area contributed by atoms with Crippen LogP contribution in [0.5, 0.6) is 11.5 Å². The van der Waals surface area contributed by atoms with E-state index in [2.05, 4.69) is 4.99 Å². The predicted octanol–water partition coefficient (Wildman–Crippen LogP) is 4.66. The maximum absolute atomic E-state index is 13.2. The van der Waals surface area contributed by atoms with Crippen molar-refractivity contribution in [3.05, 3.63) is 74.1 Å². The van der Waals surface area contributed by atoms with Crippen LogP contribution in [0.3, 0.4) is 0 Å². The van der Waals surface area contributed by atoms with Gasteiger partial charge in [-0.3, -0.25) is 10.1 Å². The van der Waals surface area contributed by atoms with Crippen molar-refractivity contribution in [2.24, 2.45) is 4.99 Å². The Morgan fingerprint density at radius 3 is 2.66 bits per heavy atom. The molecule has 0 atom stereocenters. The monoisotopic (exact) mass is 458 g/mol. The number of halogens is 1. The zero-order valence-electron chi connectivity index (χ0n) is 16.5. The van der Waals surface area contributed by atoms with E-state index in [9.17, 15) is 24.4 Å². The number of hydrogen-bond acceptors (Lipinski definition) is 9. The molecule has 2 aromatic carbocycles. The molecule has 0 aromatic heterocycles. The normalized spacial score (nSPS) is 17.3. The van der Waals surface area contributed by atoms with Crippen LogP contribution in [-0.4, -0.2) is 34.4 Å². The van der Waals surface area contributed by atoms with E-state index < -0.39 is 22.5 Å². The fourth-order valence-corrected chi connectivity index (χ4v) is 4.01. The Bertz CT molecular complexity index is 1210. The summed E-state index contributed by atoms with van der Waals surface area (Å²) >= 11 is 0.926. The number of benzene rings is 2. The summed E-state index contributed by atoms with van der Waals surface area (Å²) in [5.41, 5.74) is 0.0333. The van der Waals surface area contributed by atoms with Crippen LogP contribution in [0.4, 0.5) is 15.8 Å². The second-order valence-electron chi connectivity index (χ2n) is 6.47. The van der Waals surface area contributed by atoms with Crippen LogP contribution in [0.25, 0.3) is 6.08 Å². The number of carbonyl (C=O) groups excluding carboxylic acids is 1. The van der Waals surface area contributed by atoms with Crippen molar-refractivity contribution in [2.75, 3.05) is 13.4 Å². The van der Waals surface area contributed by atoms with Crippen LogP contribution in [0.2, 0.25) is 0 Å². The minimum absolute atomic E-state index is 0.0616. The molecular weight excluding hydrogens is 443 g/mol. The van der Waals surface area contributed by atoms with Crippen LogP contribution < -0.4 is 9.47 Å². The summed E-state index contributed by atoms with van der Waals surface area (Å²) in [6, 6.07) is 7.88. The lowest BCUT2D eigenvalue weighted by atomic mass is 10.1. The third kappa shape index (κ3) is 4.14. The molecule has 0 unspecified atom stereocenters. The van der Waals surface area contributed by atoms with Gasteiger partial charge in [0, 0.05) is 0 Å². The lowest BCUT2D eigenvalue weighted by Crippen LogP contribution is -2.12. The number of nitro benzene ring substituents is 1. The highest BCUT2D eigenvalue weighted by Gasteiger charge is 2.34. The second kappa shape index (κ2) is 8.71. The summed E-state index contributed by atoms with van der Waals surface area (Å²) in [4.78, 5) is 27.9.